The maximum Gasteiger partial charge on any atom is 0.265 e. The van der Waals surface area contributed by atoms with Crippen LogP contribution in [0.25, 0.3) is 10.9 Å². The molecule has 1 aliphatic heterocycles. The van der Waals surface area contributed by atoms with Crippen molar-refractivity contribution < 1.29 is 13.2 Å². The Hall–Kier alpha value is -2.60. The first kappa shape index (κ1) is 16.8. The predicted molar refractivity (Wildman–Crippen MR) is 102 cm³/mol. The van der Waals surface area contributed by atoms with E-state index in [-0.39, 0.29) is 4.90 Å². The Kier molecular flexibility index (Phi) is 3.88. The number of methoxy groups -OCH3 is 1. The van der Waals surface area contributed by atoms with E-state index in [4.69, 9.17) is 4.74 Å². The number of ether oxygens (including phenoxy) is 1. The third-order valence-corrected chi connectivity index (χ3v) is 6.59. The van der Waals surface area contributed by atoms with Gasteiger partial charge in [-0.15, -0.1) is 0 Å². The number of rotatable bonds is 3. The van der Waals surface area contributed by atoms with Crippen molar-refractivity contribution in [2.45, 2.75) is 25.2 Å². The fraction of sp³-hybridized carbons (Fsp3) is 0.250. The van der Waals surface area contributed by atoms with E-state index in [1.54, 1.807) is 25.3 Å². The first-order valence-electron chi connectivity index (χ1n) is 8.48. The predicted octanol–water partition coefficient (Wildman–Crippen LogP) is 3.61. The second-order valence-corrected chi connectivity index (χ2v) is 8.49. The highest BCUT2D eigenvalue weighted by Crippen LogP contribution is 2.34. The van der Waals surface area contributed by atoms with Crippen molar-refractivity contribution in [3.63, 3.8) is 0 Å². The van der Waals surface area contributed by atoms with Gasteiger partial charge < -0.3 is 4.74 Å². The van der Waals surface area contributed by atoms with Crippen LogP contribution in [-0.2, 0) is 16.4 Å². The molecule has 0 saturated heterocycles. The molecule has 0 N–H and O–H groups in total. The van der Waals surface area contributed by atoms with Crippen molar-refractivity contribution in [3.05, 3.63) is 59.2 Å². The van der Waals surface area contributed by atoms with Gasteiger partial charge in [-0.2, -0.15) is 0 Å². The molecule has 1 aromatic heterocycles. The van der Waals surface area contributed by atoms with Crippen molar-refractivity contribution in [1.82, 2.24) is 4.98 Å². The van der Waals surface area contributed by atoms with Gasteiger partial charge in [-0.1, -0.05) is 12.1 Å². The number of fused-ring (bicyclic) bond motifs is 2. The topological polar surface area (TPSA) is 59.5 Å². The van der Waals surface area contributed by atoms with Crippen LogP contribution in [-0.4, -0.2) is 27.1 Å². The number of nitrogens with zero attached hydrogens (tertiary/aromatic N) is 2. The summed E-state index contributed by atoms with van der Waals surface area (Å²) in [6.45, 7) is 4.25. The molecule has 0 spiro atoms. The van der Waals surface area contributed by atoms with Gasteiger partial charge in [0.05, 0.1) is 17.5 Å². The minimum atomic E-state index is -3.66. The largest absolute Gasteiger partial charge is 0.496 e. The Labute approximate surface area is 153 Å². The molecule has 5 nitrogen and oxygen atoms in total. The Bertz CT molecular complexity index is 1120. The molecule has 0 bridgehead atoms. The number of sulfonamides is 1. The van der Waals surface area contributed by atoms with Gasteiger partial charge in [0.15, 0.2) is 0 Å². The van der Waals surface area contributed by atoms with Crippen LogP contribution < -0.4 is 9.04 Å². The van der Waals surface area contributed by atoms with Crippen molar-refractivity contribution >= 4 is 26.7 Å². The lowest BCUT2D eigenvalue weighted by Crippen LogP contribution is -2.29. The van der Waals surface area contributed by atoms with Crippen LogP contribution in [0.4, 0.5) is 5.82 Å². The van der Waals surface area contributed by atoms with Crippen LogP contribution in [0, 0.1) is 13.8 Å². The van der Waals surface area contributed by atoms with E-state index in [9.17, 15) is 8.42 Å². The van der Waals surface area contributed by atoms with Crippen LogP contribution in [0.2, 0.25) is 0 Å². The molecule has 1 aliphatic rings. The average molecular weight is 368 g/mol. The minimum Gasteiger partial charge on any atom is -0.496 e. The quantitative estimate of drug-likeness (QED) is 0.709. The fourth-order valence-electron chi connectivity index (χ4n) is 3.41. The van der Waals surface area contributed by atoms with Crippen molar-refractivity contribution in [3.8, 4) is 5.75 Å². The van der Waals surface area contributed by atoms with Crippen LogP contribution >= 0.6 is 0 Å². The molecule has 2 heterocycles. The van der Waals surface area contributed by atoms with E-state index in [0.29, 0.717) is 24.5 Å². The number of hydrogen-bond acceptors (Lipinski definition) is 4. The average Bonchev–Trinajstić information content (AvgIpc) is 3.03. The summed E-state index contributed by atoms with van der Waals surface area (Å²) in [5.41, 5.74) is 3.67. The molecule has 3 aromatic rings. The van der Waals surface area contributed by atoms with Gasteiger partial charge in [0.25, 0.3) is 10.0 Å². The molecular formula is C20H20N2O3S. The number of benzene rings is 2. The van der Waals surface area contributed by atoms with E-state index in [2.05, 4.69) is 4.98 Å². The molecule has 0 atom stereocenters. The smallest absolute Gasteiger partial charge is 0.265 e. The van der Waals surface area contributed by atoms with E-state index >= 15 is 0 Å². The zero-order valence-electron chi connectivity index (χ0n) is 15.0. The summed E-state index contributed by atoms with van der Waals surface area (Å²) >= 11 is 0. The maximum absolute atomic E-state index is 13.2. The van der Waals surface area contributed by atoms with E-state index in [1.165, 1.54) is 4.31 Å². The first-order valence-corrected chi connectivity index (χ1v) is 9.92. The third-order valence-electron chi connectivity index (χ3n) is 4.80. The molecule has 0 saturated carbocycles. The summed E-state index contributed by atoms with van der Waals surface area (Å²) in [7, 11) is -2.09. The minimum absolute atomic E-state index is 0.259. The summed E-state index contributed by atoms with van der Waals surface area (Å²) in [6.07, 6.45) is 0.667. The van der Waals surface area contributed by atoms with Gasteiger partial charge >= 0.3 is 0 Å². The molecule has 0 amide bonds. The maximum atomic E-state index is 13.2. The van der Waals surface area contributed by atoms with Crippen molar-refractivity contribution in [1.29, 1.82) is 0 Å². The lowest BCUT2D eigenvalue weighted by molar-refractivity contribution is 0.411. The number of anilines is 1. The first-order chi connectivity index (χ1) is 12.4. The summed E-state index contributed by atoms with van der Waals surface area (Å²) in [6, 6.07) is 13.0. The number of pyridine rings is 1. The second-order valence-electron chi connectivity index (χ2n) is 6.63. The van der Waals surface area contributed by atoms with Gasteiger partial charge in [-0.3, -0.25) is 0 Å². The lowest BCUT2D eigenvalue weighted by atomic mass is 10.1. The SMILES string of the molecule is COc1ccc(S(=O)(=O)N2CCc3cc4ccc(C)cc4nc32)cc1C. The zero-order valence-corrected chi connectivity index (χ0v) is 15.8. The molecular weight excluding hydrogens is 348 g/mol. The molecule has 6 heteroatoms. The van der Waals surface area contributed by atoms with Gasteiger partial charge in [-0.05, 0) is 67.3 Å². The van der Waals surface area contributed by atoms with Gasteiger partial charge in [0.2, 0.25) is 0 Å². The molecule has 134 valence electrons. The summed E-state index contributed by atoms with van der Waals surface area (Å²) in [5.74, 6) is 1.21. The van der Waals surface area contributed by atoms with Crippen LogP contribution in [0.15, 0.2) is 47.4 Å². The Balaban J connectivity index is 1.82. The van der Waals surface area contributed by atoms with Gasteiger partial charge in [0, 0.05) is 11.9 Å². The normalized spacial score (nSPS) is 13.9. The molecule has 0 unspecified atom stereocenters. The van der Waals surface area contributed by atoms with Crippen molar-refractivity contribution in [2.75, 3.05) is 18.0 Å². The molecule has 0 radical (unpaired) electrons. The number of hydrogen-bond donors (Lipinski definition) is 0. The molecule has 2 aromatic carbocycles. The monoisotopic (exact) mass is 368 g/mol. The lowest BCUT2D eigenvalue weighted by Gasteiger charge is -2.19. The van der Waals surface area contributed by atoms with Crippen LogP contribution in [0.1, 0.15) is 16.7 Å². The molecule has 4 rings (SSSR count). The highest BCUT2D eigenvalue weighted by Gasteiger charge is 2.32. The van der Waals surface area contributed by atoms with Crippen LogP contribution in [0.3, 0.4) is 0 Å². The summed E-state index contributed by atoms with van der Waals surface area (Å²) in [4.78, 5) is 4.93. The van der Waals surface area contributed by atoms with E-state index < -0.39 is 10.0 Å². The number of aromatic nitrogens is 1. The summed E-state index contributed by atoms with van der Waals surface area (Å²) < 4.78 is 33.0. The Morgan fingerprint density at radius 3 is 2.62 bits per heavy atom. The fourth-order valence-corrected chi connectivity index (χ4v) is 4.95. The highest BCUT2D eigenvalue weighted by molar-refractivity contribution is 7.92. The van der Waals surface area contributed by atoms with Crippen molar-refractivity contribution in [2.24, 2.45) is 0 Å². The highest BCUT2D eigenvalue weighted by atomic mass is 32.2. The Morgan fingerprint density at radius 2 is 1.88 bits per heavy atom. The molecule has 0 fully saturated rings. The molecule has 0 aliphatic carbocycles. The summed E-state index contributed by atoms with van der Waals surface area (Å²) in [5, 5.41) is 1.04. The third kappa shape index (κ3) is 2.61. The standard InChI is InChI=1S/C20H20N2O3S/c1-13-4-5-15-12-16-8-9-22(20(16)21-18(15)10-13)26(23,24)17-6-7-19(25-3)14(2)11-17/h4-7,10-12H,8-9H2,1-3H3. The van der Waals surface area contributed by atoms with Crippen LogP contribution in [0.5, 0.6) is 5.75 Å². The second kappa shape index (κ2) is 5.99. The van der Waals surface area contributed by atoms with Gasteiger partial charge in [0.1, 0.15) is 11.6 Å². The van der Waals surface area contributed by atoms with Gasteiger partial charge in [-0.25, -0.2) is 17.7 Å². The van der Waals surface area contributed by atoms with E-state index in [0.717, 1.165) is 27.6 Å². The number of aryl methyl sites for hydroxylation is 2. The zero-order chi connectivity index (χ0) is 18.5. The Morgan fingerprint density at radius 1 is 1.08 bits per heavy atom. The molecule has 26 heavy (non-hydrogen) atoms. The van der Waals surface area contributed by atoms with E-state index in [1.807, 2.05) is 38.1 Å².